The Labute approximate surface area is 192 Å². The minimum Gasteiger partial charge on any atom is -0.508 e. The number of amides is 1. The second-order valence-electron chi connectivity index (χ2n) is 7.75. The van der Waals surface area contributed by atoms with Crippen molar-refractivity contribution >= 4 is 18.1 Å². The Morgan fingerprint density at radius 2 is 1.45 bits per heavy atom. The number of carbonyl (C=O) groups excluding carboxylic acids is 1. The lowest BCUT2D eigenvalue weighted by Gasteiger charge is -2.13. The molecule has 33 heavy (non-hydrogen) atoms. The molecular formula is C29H24FNO2. The summed E-state index contributed by atoms with van der Waals surface area (Å²) in [4.78, 5) is 12.4. The molecule has 4 heteroatoms. The first-order valence-corrected chi connectivity index (χ1v) is 10.7. The van der Waals surface area contributed by atoms with Crippen molar-refractivity contribution in [3.05, 3.63) is 125 Å². The largest absolute Gasteiger partial charge is 0.508 e. The standard InChI is InChI=1S/C29H24FNO2/c30-25-15-10-22(11-16-25)19-29(33)31-20-24-6-2-4-8-28(24)27-7-3-1-5-23(27)14-9-21-12-17-26(32)18-13-21/h1-18,32H,19-20H2,(H,31,33). The van der Waals surface area contributed by atoms with E-state index < -0.39 is 0 Å². The topological polar surface area (TPSA) is 49.3 Å². The summed E-state index contributed by atoms with van der Waals surface area (Å²) in [6.45, 7) is 0.395. The van der Waals surface area contributed by atoms with Crippen LogP contribution in [0.2, 0.25) is 0 Å². The molecule has 0 aromatic heterocycles. The van der Waals surface area contributed by atoms with E-state index in [-0.39, 0.29) is 23.9 Å². The van der Waals surface area contributed by atoms with Crippen molar-refractivity contribution < 1.29 is 14.3 Å². The number of hydrogen-bond donors (Lipinski definition) is 2. The lowest BCUT2D eigenvalue weighted by atomic mass is 9.94. The zero-order chi connectivity index (χ0) is 23.0. The summed E-state index contributed by atoms with van der Waals surface area (Å²) >= 11 is 0. The van der Waals surface area contributed by atoms with Crippen molar-refractivity contribution in [3.8, 4) is 16.9 Å². The van der Waals surface area contributed by atoms with Gasteiger partial charge in [0.05, 0.1) is 6.42 Å². The van der Waals surface area contributed by atoms with E-state index in [4.69, 9.17) is 0 Å². The Morgan fingerprint density at radius 1 is 0.788 bits per heavy atom. The minimum atomic E-state index is -0.314. The lowest BCUT2D eigenvalue weighted by molar-refractivity contribution is -0.120. The molecule has 0 saturated carbocycles. The van der Waals surface area contributed by atoms with Gasteiger partial charge < -0.3 is 10.4 Å². The summed E-state index contributed by atoms with van der Waals surface area (Å²) in [5.74, 6) is -0.189. The molecule has 164 valence electrons. The van der Waals surface area contributed by atoms with E-state index in [1.165, 1.54) is 12.1 Å². The van der Waals surface area contributed by atoms with Gasteiger partial charge in [0.1, 0.15) is 11.6 Å². The van der Waals surface area contributed by atoms with Gasteiger partial charge in [0.2, 0.25) is 5.91 Å². The van der Waals surface area contributed by atoms with Crippen LogP contribution in [0.5, 0.6) is 5.75 Å². The van der Waals surface area contributed by atoms with Crippen molar-refractivity contribution in [2.75, 3.05) is 0 Å². The van der Waals surface area contributed by atoms with Gasteiger partial charge in [-0.15, -0.1) is 0 Å². The highest BCUT2D eigenvalue weighted by Gasteiger charge is 2.10. The van der Waals surface area contributed by atoms with Gasteiger partial charge in [0.15, 0.2) is 0 Å². The van der Waals surface area contributed by atoms with Gasteiger partial charge in [-0.2, -0.15) is 0 Å². The van der Waals surface area contributed by atoms with Gasteiger partial charge in [-0.25, -0.2) is 4.39 Å². The molecular weight excluding hydrogens is 413 g/mol. The van der Waals surface area contributed by atoms with Crippen LogP contribution in [0.15, 0.2) is 97.1 Å². The number of nitrogens with one attached hydrogen (secondary N) is 1. The number of aromatic hydroxyl groups is 1. The van der Waals surface area contributed by atoms with Crippen LogP contribution >= 0.6 is 0 Å². The molecule has 0 atom stereocenters. The van der Waals surface area contributed by atoms with E-state index in [1.807, 2.05) is 54.6 Å². The zero-order valence-electron chi connectivity index (χ0n) is 18.0. The lowest BCUT2D eigenvalue weighted by Crippen LogP contribution is -2.24. The van der Waals surface area contributed by atoms with Crippen LogP contribution < -0.4 is 5.32 Å². The Bertz CT molecular complexity index is 1260. The maximum absolute atomic E-state index is 13.1. The third kappa shape index (κ3) is 5.95. The van der Waals surface area contributed by atoms with Gasteiger partial charge in [0, 0.05) is 6.54 Å². The third-order valence-corrected chi connectivity index (χ3v) is 5.37. The van der Waals surface area contributed by atoms with Crippen molar-refractivity contribution in [1.29, 1.82) is 0 Å². The van der Waals surface area contributed by atoms with Crippen LogP contribution in [0.4, 0.5) is 4.39 Å². The van der Waals surface area contributed by atoms with Crippen molar-refractivity contribution in [1.82, 2.24) is 5.32 Å². The van der Waals surface area contributed by atoms with Gasteiger partial charge in [-0.3, -0.25) is 4.79 Å². The number of phenols is 1. The first kappa shape index (κ1) is 22.0. The predicted octanol–water partition coefficient (Wildman–Crippen LogP) is 6.23. The SMILES string of the molecule is O=C(Cc1ccc(F)cc1)NCc1ccccc1-c1ccccc1C=Cc1ccc(O)cc1. The van der Waals surface area contributed by atoms with Gasteiger partial charge in [-0.1, -0.05) is 84.9 Å². The highest BCUT2D eigenvalue weighted by Crippen LogP contribution is 2.28. The molecule has 0 radical (unpaired) electrons. The van der Waals surface area contributed by atoms with Crippen LogP contribution in [0, 0.1) is 5.82 Å². The Hall–Kier alpha value is -4.18. The molecule has 2 N–H and O–H groups in total. The van der Waals surface area contributed by atoms with E-state index in [0.29, 0.717) is 6.54 Å². The molecule has 0 spiro atoms. The molecule has 0 saturated heterocycles. The average molecular weight is 438 g/mol. The smallest absolute Gasteiger partial charge is 0.224 e. The number of halogens is 1. The molecule has 0 aliphatic rings. The van der Waals surface area contributed by atoms with Crippen LogP contribution in [-0.4, -0.2) is 11.0 Å². The normalized spacial score (nSPS) is 10.9. The second kappa shape index (κ2) is 10.4. The Balaban J connectivity index is 1.52. The van der Waals surface area contributed by atoms with E-state index in [1.54, 1.807) is 24.3 Å². The molecule has 4 aromatic carbocycles. The fourth-order valence-electron chi connectivity index (χ4n) is 3.64. The van der Waals surface area contributed by atoms with E-state index in [0.717, 1.165) is 33.4 Å². The molecule has 3 nitrogen and oxygen atoms in total. The van der Waals surface area contributed by atoms with Crippen molar-refractivity contribution in [2.45, 2.75) is 13.0 Å². The van der Waals surface area contributed by atoms with Gasteiger partial charge in [0.25, 0.3) is 0 Å². The summed E-state index contributed by atoms with van der Waals surface area (Å²) < 4.78 is 13.1. The molecule has 0 aliphatic heterocycles. The minimum absolute atomic E-state index is 0.114. The predicted molar refractivity (Wildman–Crippen MR) is 131 cm³/mol. The van der Waals surface area contributed by atoms with Gasteiger partial charge >= 0.3 is 0 Å². The summed E-state index contributed by atoms with van der Waals surface area (Å²) in [5, 5.41) is 12.5. The fraction of sp³-hybridized carbons (Fsp3) is 0.0690. The molecule has 0 heterocycles. The van der Waals surface area contributed by atoms with Crippen molar-refractivity contribution in [3.63, 3.8) is 0 Å². The van der Waals surface area contributed by atoms with E-state index >= 15 is 0 Å². The first-order valence-electron chi connectivity index (χ1n) is 10.7. The molecule has 0 aliphatic carbocycles. The molecule has 1 amide bonds. The summed E-state index contributed by atoms with van der Waals surface area (Å²) in [5.41, 5.74) is 5.93. The van der Waals surface area contributed by atoms with E-state index in [9.17, 15) is 14.3 Å². The first-order chi connectivity index (χ1) is 16.1. The van der Waals surface area contributed by atoms with Gasteiger partial charge in [-0.05, 0) is 57.6 Å². The number of rotatable bonds is 7. The van der Waals surface area contributed by atoms with Crippen LogP contribution in [-0.2, 0) is 17.8 Å². The summed E-state index contributed by atoms with van der Waals surface area (Å²) in [7, 11) is 0. The Kier molecular flexibility index (Phi) is 6.96. The zero-order valence-corrected chi connectivity index (χ0v) is 18.0. The van der Waals surface area contributed by atoms with Crippen LogP contribution in [0.3, 0.4) is 0 Å². The fourth-order valence-corrected chi connectivity index (χ4v) is 3.64. The maximum Gasteiger partial charge on any atom is 0.224 e. The summed E-state index contributed by atoms with van der Waals surface area (Å²) in [6, 6.07) is 29.1. The highest BCUT2D eigenvalue weighted by molar-refractivity contribution is 5.83. The molecule has 4 rings (SSSR count). The molecule has 0 fully saturated rings. The van der Waals surface area contributed by atoms with Crippen LogP contribution in [0.1, 0.15) is 22.3 Å². The number of hydrogen-bond acceptors (Lipinski definition) is 2. The van der Waals surface area contributed by atoms with Crippen molar-refractivity contribution in [2.24, 2.45) is 0 Å². The number of benzene rings is 4. The monoisotopic (exact) mass is 437 g/mol. The molecule has 0 bridgehead atoms. The second-order valence-corrected chi connectivity index (χ2v) is 7.75. The number of phenolic OH excluding ortho intramolecular Hbond substituents is 1. The van der Waals surface area contributed by atoms with E-state index in [2.05, 4.69) is 23.5 Å². The maximum atomic E-state index is 13.1. The highest BCUT2D eigenvalue weighted by atomic mass is 19.1. The quantitative estimate of drug-likeness (QED) is 0.337. The molecule has 4 aromatic rings. The summed E-state index contributed by atoms with van der Waals surface area (Å²) in [6.07, 6.45) is 4.26. The third-order valence-electron chi connectivity index (χ3n) is 5.37. The number of carbonyl (C=O) groups is 1. The average Bonchev–Trinajstić information content (AvgIpc) is 2.84. The Morgan fingerprint density at radius 3 is 2.21 bits per heavy atom. The molecule has 0 unspecified atom stereocenters. The van der Waals surface area contributed by atoms with Crippen LogP contribution in [0.25, 0.3) is 23.3 Å².